The summed E-state index contributed by atoms with van der Waals surface area (Å²) in [5, 5.41) is 5.81. The van der Waals surface area contributed by atoms with Gasteiger partial charge in [0.2, 0.25) is 5.13 Å². The number of hydrazone groups is 1. The highest BCUT2D eigenvalue weighted by Crippen LogP contribution is 2.31. The maximum absolute atomic E-state index is 13.4. The Kier molecular flexibility index (Phi) is 6.07. The van der Waals surface area contributed by atoms with Crippen molar-refractivity contribution in [3.63, 3.8) is 0 Å². The molecule has 0 spiro atoms. The van der Waals surface area contributed by atoms with E-state index in [1.807, 2.05) is 0 Å². The fourth-order valence-electron chi connectivity index (χ4n) is 1.80. The van der Waals surface area contributed by atoms with E-state index in [-0.39, 0.29) is 18.6 Å². The van der Waals surface area contributed by atoms with Crippen molar-refractivity contribution in [3.05, 3.63) is 46.2 Å². The molecule has 5 nitrogen and oxygen atoms in total. The Morgan fingerprint density at radius 3 is 2.84 bits per heavy atom. The number of thiazole rings is 1. The zero-order valence-electron chi connectivity index (χ0n) is 12.9. The third kappa shape index (κ3) is 5.52. The van der Waals surface area contributed by atoms with Gasteiger partial charge in [-0.2, -0.15) is 18.3 Å². The van der Waals surface area contributed by atoms with Crippen molar-refractivity contribution in [1.29, 1.82) is 0 Å². The predicted octanol–water partition coefficient (Wildman–Crippen LogP) is 3.85. The van der Waals surface area contributed by atoms with Gasteiger partial charge in [-0.25, -0.2) is 9.37 Å². The molecule has 2 rings (SSSR count). The number of carbonyl (C=O) groups excluding carboxylic acids is 1. The second-order valence-electron chi connectivity index (χ2n) is 4.73. The van der Waals surface area contributed by atoms with E-state index in [2.05, 4.69) is 15.5 Å². The number of halogens is 4. The van der Waals surface area contributed by atoms with Crippen molar-refractivity contribution in [2.45, 2.75) is 19.5 Å². The number of benzene rings is 1. The molecule has 0 fully saturated rings. The van der Waals surface area contributed by atoms with Crippen LogP contribution in [0.15, 0.2) is 28.7 Å². The summed E-state index contributed by atoms with van der Waals surface area (Å²) < 4.78 is 55.6. The minimum atomic E-state index is -4.74. The van der Waals surface area contributed by atoms with Crippen LogP contribution in [0.5, 0.6) is 0 Å². The molecule has 0 aliphatic rings. The number of esters is 1. The van der Waals surface area contributed by atoms with Crippen LogP contribution in [0.3, 0.4) is 0 Å². The molecule has 0 bridgehead atoms. The first-order valence-corrected chi connectivity index (χ1v) is 7.93. The molecular formula is C15H13F4N3O2S. The largest absolute Gasteiger partial charge is 0.466 e. The number of alkyl halides is 3. The Hall–Kier alpha value is -2.49. The summed E-state index contributed by atoms with van der Waals surface area (Å²) in [4.78, 5) is 15.4. The summed E-state index contributed by atoms with van der Waals surface area (Å²) in [5.41, 5.74) is 1.89. The van der Waals surface area contributed by atoms with Crippen LogP contribution in [0.25, 0.3) is 0 Å². The van der Waals surface area contributed by atoms with E-state index in [0.717, 1.165) is 18.3 Å². The van der Waals surface area contributed by atoms with Gasteiger partial charge in [-0.1, -0.05) is 6.07 Å². The van der Waals surface area contributed by atoms with Crippen LogP contribution in [0.1, 0.15) is 23.7 Å². The summed E-state index contributed by atoms with van der Waals surface area (Å²) in [5.74, 6) is -1.77. The lowest BCUT2D eigenvalue weighted by Gasteiger charge is -2.07. The van der Waals surface area contributed by atoms with E-state index in [0.29, 0.717) is 16.9 Å². The maximum Gasteiger partial charge on any atom is 0.419 e. The quantitative estimate of drug-likeness (QED) is 0.361. The Bertz CT molecular complexity index is 774. The van der Waals surface area contributed by atoms with Crippen LogP contribution in [-0.2, 0) is 22.1 Å². The number of ether oxygens (including phenoxy) is 1. The van der Waals surface area contributed by atoms with Gasteiger partial charge in [-0.05, 0) is 24.6 Å². The first-order chi connectivity index (χ1) is 11.8. The number of hydrogen-bond donors (Lipinski definition) is 1. The maximum atomic E-state index is 13.4. The Labute approximate surface area is 144 Å². The Morgan fingerprint density at radius 1 is 1.44 bits per heavy atom. The highest BCUT2D eigenvalue weighted by Gasteiger charge is 2.33. The second kappa shape index (κ2) is 8.06. The van der Waals surface area contributed by atoms with Gasteiger partial charge in [-0.15, -0.1) is 11.3 Å². The van der Waals surface area contributed by atoms with E-state index < -0.39 is 23.5 Å². The van der Waals surface area contributed by atoms with Gasteiger partial charge >= 0.3 is 12.1 Å². The molecular weight excluding hydrogens is 362 g/mol. The van der Waals surface area contributed by atoms with E-state index in [1.165, 1.54) is 11.3 Å². The Morgan fingerprint density at radius 2 is 2.20 bits per heavy atom. The topological polar surface area (TPSA) is 63.6 Å². The van der Waals surface area contributed by atoms with Crippen LogP contribution < -0.4 is 5.43 Å². The van der Waals surface area contributed by atoms with E-state index in [9.17, 15) is 22.4 Å². The fourth-order valence-corrected chi connectivity index (χ4v) is 2.46. The average molecular weight is 375 g/mol. The molecule has 0 aliphatic carbocycles. The number of rotatable bonds is 6. The van der Waals surface area contributed by atoms with Gasteiger partial charge in [-0.3, -0.25) is 10.2 Å². The molecule has 0 atom stereocenters. The van der Waals surface area contributed by atoms with Crippen molar-refractivity contribution < 1.29 is 27.1 Å². The van der Waals surface area contributed by atoms with Crippen LogP contribution in [0.4, 0.5) is 22.7 Å². The number of carbonyl (C=O) groups is 1. The molecule has 1 heterocycles. The van der Waals surface area contributed by atoms with Crippen molar-refractivity contribution >= 4 is 28.7 Å². The third-order valence-electron chi connectivity index (χ3n) is 2.85. The van der Waals surface area contributed by atoms with Crippen molar-refractivity contribution in [1.82, 2.24) is 4.98 Å². The van der Waals surface area contributed by atoms with Gasteiger partial charge in [0.15, 0.2) is 0 Å². The molecule has 0 radical (unpaired) electrons. The molecule has 134 valence electrons. The summed E-state index contributed by atoms with van der Waals surface area (Å²) in [6.45, 7) is 1.98. The minimum Gasteiger partial charge on any atom is -0.466 e. The lowest BCUT2D eigenvalue weighted by atomic mass is 10.1. The minimum absolute atomic E-state index is 0.0276. The summed E-state index contributed by atoms with van der Waals surface area (Å²) in [6.07, 6.45) is -3.55. The smallest absolute Gasteiger partial charge is 0.419 e. The average Bonchev–Trinajstić information content (AvgIpc) is 2.93. The van der Waals surface area contributed by atoms with Crippen molar-refractivity contribution in [3.8, 4) is 0 Å². The zero-order valence-corrected chi connectivity index (χ0v) is 13.7. The summed E-state index contributed by atoms with van der Waals surface area (Å²) in [7, 11) is 0. The van der Waals surface area contributed by atoms with Crippen LogP contribution in [0.2, 0.25) is 0 Å². The molecule has 1 aromatic carbocycles. The number of nitrogens with zero attached hydrogens (tertiary/aromatic N) is 2. The Balaban J connectivity index is 1.96. The van der Waals surface area contributed by atoms with Crippen molar-refractivity contribution in [2.24, 2.45) is 5.10 Å². The molecule has 0 unspecified atom stereocenters. The first kappa shape index (κ1) is 18.8. The third-order valence-corrected chi connectivity index (χ3v) is 3.65. The molecule has 1 N–H and O–H groups in total. The monoisotopic (exact) mass is 375 g/mol. The molecule has 1 aromatic heterocycles. The molecule has 0 saturated heterocycles. The molecule has 2 aromatic rings. The van der Waals surface area contributed by atoms with E-state index in [1.54, 1.807) is 12.3 Å². The highest BCUT2D eigenvalue weighted by molar-refractivity contribution is 7.13. The summed E-state index contributed by atoms with van der Waals surface area (Å²) in [6, 6.07) is 2.49. The van der Waals surface area contributed by atoms with Gasteiger partial charge < -0.3 is 4.74 Å². The first-order valence-electron chi connectivity index (χ1n) is 7.05. The number of hydrogen-bond acceptors (Lipinski definition) is 6. The van der Waals surface area contributed by atoms with E-state index >= 15 is 0 Å². The molecule has 0 aliphatic heterocycles. The van der Waals surface area contributed by atoms with Gasteiger partial charge in [0.05, 0.1) is 30.5 Å². The lowest BCUT2D eigenvalue weighted by molar-refractivity contribution is -0.142. The van der Waals surface area contributed by atoms with Crippen LogP contribution >= 0.6 is 11.3 Å². The normalized spacial score (nSPS) is 11.7. The number of aromatic nitrogens is 1. The van der Waals surface area contributed by atoms with Crippen LogP contribution in [0, 0.1) is 5.82 Å². The van der Waals surface area contributed by atoms with Crippen molar-refractivity contribution in [2.75, 3.05) is 12.0 Å². The van der Waals surface area contributed by atoms with Gasteiger partial charge in [0.1, 0.15) is 5.82 Å². The predicted molar refractivity (Wildman–Crippen MR) is 85.1 cm³/mol. The lowest BCUT2D eigenvalue weighted by Crippen LogP contribution is -2.08. The molecule has 0 amide bonds. The SMILES string of the molecule is CCOC(=O)Cc1csc(NN=Cc2ccc(C(F)(F)F)c(F)c2)n1. The number of anilines is 1. The van der Waals surface area contributed by atoms with Crippen LogP contribution in [-0.4, -0.2) is 23.8 Å². The van der Waals surface area contributed by atoms with Gasteiger partial charge in [0, 0.05) is 5.38 Å². The summed E-state index contributed by atoms with van der Waals surface area (Å²) >= 11 is 1.19. The van der Waals surface area contributed by atoms with Gasteiger partial charge in [0.25, 0.3) is 0 Å². The fraction of sp³-hybridized carbons (Fsp3) is 0.267. The van der Waals surface area contributed by atoms with E-state index in [4.69, 9.17) is 4.74 Å². The highest BCUT2D eigenvalue weighted by atomic mass is 32.1. The molecule has 0 saturated carbocycles. The standard InChI is InChI=1S/C15H13F4N3O2S/c1-2-24-13(23)6-10-8-25-14(21-10)22-20-7-9-3-4-11(12(16)5-9)15(17,18)19/h3-5,7-8H,2,6H2,1H3,(H,21,22). The zero-order chi connectivity index (χ0) is 18.4. The second-order valence-corrected chi connectivity index (χ2v) is 5.59. The molecule has 10 heteroatoms. The molecule has 25 heavy (non-hydrogen) atoms. The number of nitrogens with one attached hydrogen (secondary N) is 1.